The molecular formula is C23H38F3NO2. The Kier molecular flexibility index (Phi) is 9.48. The second kappa shape index (κ2) is 10.7. The van der Waals surface area contributed by atoms with Gasteiger partial charge in [-0.15, -0.1) is 0 Å². The Hall–Kier alpha value is -1.27. The molecule has 168 valence electrons. The summed E-state index contributed by atoms with van der Waals surface area (Å²) in [5, 5.41) is 11.6. The number of alkyl halides is 3. The fraction of sp³-hybridized carbons (Fsp3) is 0.739. The van der Waals surface area contributed by atoms with Gasteiger partial charge in [0.2, 0.25) is 0 Å². The van der Waals surface area contributed by atoms with E-state index in [0.717, 1.165) is 25.0 Å². The highest BCUT2D eigenvalue weighted by atomic mass is 19.4. The van der Waals surface area contributed by atoms with Crippen LogP contribution in [0.1, 0.15) is 78.4 Å². The molecule has 0 saturated carbocycles. The quantitative estimate of drug-likeness (QED) is 0.427. The van der Waals surface area contributed by atoms with Crippen LogP contribution >= 0.6 is 0 Å². The summed E-state index contributed by atoms with van der Waals surface area (Å²) in [6.45, 7) is 13.7. The lowest BCUT2D eigenvalue weighted by Gasteiger charge is -2.30. The summed E-state index contributed by atoms with van der Waals surface area (Å²) in [4.78, 5) is 0. The fourth-order valence-corrected chi connectivity index (χ4v) is 2.89. The zero-order valence-corrected chi connectivity index (χ0v) is 18.7. The minimum absolute atomic E-state index is 0.00947. The van der Waals surface area contributed by atoms with E-state index in [1.165, 1.54) is 11.1 Å². The molecule has 1 atom stereocenters. The number of halogens is 3. The Bertz CT molecular complexity index is 627. The van der Waals surface area contributed by atoms with Crippen LogP contribution in [0, 0.1) is 0 Å². The van der Waals surface area contributed by atoms with E-state index in [9.17, 15) is 13.2 Å². The molecule has 0 aliphatic carbocycles. The van der Waals surface area contributed by atoms with Crippen LogP contribution < -0.4 is 10.1 Å². The largest absolute Gasteiger partial charge is 0.493 e. The summed E-state index contributed by atoms with van der Waals surface area (Å²) >= 11 is 0. The van der Waals surface area contributed by atoms with Crippen LogP contribution in [0.15, 0.2) is 18.2 Å². The monoisotopic (exact) mass is 417 g/mol. The summed E-state index contributed by atoms with van der Waals surface area (Å²) in [5.74, 6) is 0.882. The highest BCUT2D eigenvalue weighted by Crippen LogP contribution is 2.38. The molecule has 0 bridgehead atoms. The molecule has 2 N–H and O–H groups in total. The Morgan fingerprint density at radius 3 is 2.17 bits per heavy atom. The molecule has 1 unspecified atom stereocenters. The van der Waals surface area contributed by atoms with Crippen molar-refractivity contribution in [3.63, 3.8) is 0 Å². The van der Waals surface area contributed by atoms with Crippen LogP contribution in [0.4, 0.5) is 13.2 Å². The second-order valence-electron chi connectivity index (χ2n) is 9.00. The zero-order valence-electron chi connectivity index (χ0n) is 18.7. The number of ether oxygens (including phenoxy) is 1. The lowest BCUT2D eigenvalue weighted by atomic mass is 9.76. The van der Waals surface area contributed by atoms with Gasteiger partial charge in [0.05, 0.1) is 6.61 Å². The van der Waals surface area contributed by atoms with Crippen LogP contribution in [-0.2, 0) is 10.8 Å². The SMILES string of the molecule is CCC(C)(C)c1ccc(OCCCCNCC(O)C(F)(F)F)c(C(C)(C)CC)c1. The molecule has 0 aliphatic heterocycles. The van der Waals surface area contributed by atoms with Gasteiger partial charge < -0.3 is 15.2 Å². The molecule has 0 saturated heterocycles. The number of rotatable bonds is 12. The molecule has 0 aliphatic rings. The van der Waals surface area contributed by atoms with E-state index in [4.69, 9.17) is 9.84 Å². The molecule has 1 rings (SSSR count). The first-order valence-electron chi connectivity index (χ1n) is 10.6. The van der Waals surface area contributed by atoms with Gasteiger partial charge in [0.1, 0.15) is 5.75 Å². The maximum absolute atomic E-state index is 12.2. The van der Waals surface area contributed by atoms with Crippen molar-refractivity contribution in [1.29, 1.82) is 0 Å². The highest BCUT2D eigenvalue weighted by molar-refractivity contribution is 5.44. The standard InChI is InChI=1S/C23H38F3NO2/c1-7-21(3,4)17-11-12-19(18(15-17)22(5,6)8-2)29-14-10-9-13-27-16-20(28)23(24,25)26/h11-12,15,20,27-28H,7-10,13-14,16H2,1-6H3. The van der Waals surface area contributed by atoms with Gasteiger partial charge in [0.25, 0.3) is 0 Å². The third kappa shape index (κ3) is 7.82. The predicted octanol–water partition coefficient (Wildman–Crippen LogP) is 5.73. The van der Waals surface area contributed by atoms with Gasteiger partial charge >= 0.3 is 6.18 Å². The lowest BCUT2D eigenvalue weighted by Crippen LogP contribution is -2.38. The number of benzene rings is 1. The third-order valence-electron chi connectivity index (χ3n) is 5.98. The number of hydrogen-bond donors (Lipinski definition) is 2. The van der Waals surface area contributed by atoms with E-state index in [1.807, 2.05) is 0 Å². The van der Waals surface area contributed by atoms with Gasteiger partial charge in [0, 0.05) is 12.1 Å². The second-order valence-corrected chi connectivity index (χ2v) is 9.00. The maximum Gasteiger partial charge on any atom is 0.415 e. The van der Waals surface area contributed by atoms with Crippen LogP contribution in [0.2, 0.25) is 0 Å². The Morgan fingerprint density at radius 1 is 1.00 bits per heavy atom. The topological polar surface area (TPSA) is 41.5 Å². The van der Waals surface area contributed by atoms with Gasteiger partial charge in [0.15, 0.2) is 6.10 Å². The van der Waals surface area contributed by atoms with Crippen molar-refractivity contribution in [3.8, 4) is 5.75 Å². The molecule has 0 heterocycles. The van der Waals surface area contributed by atoms with E-state index in [1.54, 1.807) is 0 Å². The van der Waals surface area contributed by atoms with Gasteiger partial charge in [-0.3, -0.25) is 0 Å². The molecule has 0 aromatic heterocycles. The summed E-state index contributed by atoms with van der Waals surface area (Å²) in [6.07, 6.45) is -3.44. The number of aliphatic hydroxyl groups is 1. The summed E-state index contributed by atoms with van der Waals surface area (Å²) in [6, 6.07) is 6.45. The van der Waals surface area contributed by atoms with Crippen LogP contribution in [0.3, 0.4) is 0 Å². The van der Waals surface area contributed by atoms with Crippen LogP contribution in [0.5, 0.6) is 5.75 Å². The maximum atomic E-state index is 12.2. The highest BCUT2D eigenvalue weighted by Gasteiger charge is 2.37. The number of hydrogen-bond acceptors (Lipinski definition) is 3. The van der Waals surface area contributed by atoms with E-state index >= 15 is 0 Å². The third-order valence-corrected chi connectivity index (χ3v) is 5.98. The molecule has 1 aromatic carbocycles. The molecule has 0 spiro atoms. The van der Waals surface area contributed by atoms with Crippen molar-refractivity contribution in [3.05, 3.63) is 29.3 Å². The number of aliphatic hydroxyl groups excluding tert-OH is 1. The molecule has 0 amide bonds. The Balaban J connectivity index is 2.63. The smallest absolute Gasteiger partial charge is 0.415 e. The minimum Gasteiger partial charge on any atom is -0.493 e. The van der Waals surface area contributed by atoms with Gasteiger partial charge in [-0.1, -0.05) is 53.7 Å². The fourth-order valence-electron chi connectivity index (χ4n) is 2.89. The Morgan fingerprint density at radius 2 is 1.62 bits per heavy atom. The molecule has 29 heavy (non-hydrogen) atoms. The van der Waals surface area contributed by atoms with Gasteiger partial charge in [-0.2, -0.15) is 13.2 Å². The zero-order chi connectivity index (χ0) is 22.3. The lowest BCUT2D eigenvalue weighted by molar-refractivity contribution is -0.201. The molecule has 3 nitrogen and oxygen atoms in total. The van der Waals surface area contributed by atoms with E-state index < -0.39 is 18.8 Å². The average Bonchev–Trinajstić information content (AvgIpc) is 2.66. The van der Waals surface area contributed by atoms with E-state index in [-0.39, 0.29) is 10.8 Å². The minimum atomic E-state index is -4.57. The normalized spacial score (nSPS) is 14.1. The molecule has 1 aromatic rings. The molecular weight excluding hydrogens is 379 g/mol. The summed E-state index contributed by atoms with van der Waals surface area (Å²) in [5.41, 5.74) is 2.59. The number of unbranched alkanes of at least 4 members (excludes halogenated alkanes) is 1. The van der Waals surface area contributed by atoms with Gasteiger partial charge in [-0.25, -0.2) is 0 Å². The first kappa shape index (κ1) is 25.8. The summed E-state index contributed by atoms with van der Waals surface area (Å²) < 4.78 is 42.8. The Labute approximate surface area is 174 Å². The van der Waals surface area contributed by atoms with Crippen LogP contribution in [0.25, 0.3) is 0 Å². The first-order chi connectivity index (χ1) is 13.3. The van der Waals surface area contributed by atoms with Crippen molar-refractivity contribution in [2.24, 2.45) is 0 Å². The van der Waals surface area contributed by atoms with Crippen molar-refractivity contribution in [2.75, 3.05) is 19.7 Å². The van der Waals surface area contributed by atoms with Gasteiger partial charge in [-0.05, 0) is 54.7 Å². The summed E-state index contributed by atoms with van der Waals surface area (Å²) in [7, 11) is 0. The van der Waals surface area contributed by atoms with Crippen molar-refractivity contribution >= 4 is 0 Å². The number of nitrogens with one attached hydrogen (secondary N) is 1. The van der Waals surface area contributed by atoms with Crippen molar-refractivity contribution in [1.82, 2.24) is 5.32 Å². The van der Waals surface area contributed by atoms with E-state index in [2.05, 4.69) is 65.1 Å². The molecule has 6 heteroatoms. The molecule has 0 fully saturated rings. The molecule has 0 radical (unpaired) electrons. The van der Waals surface area contributed by atoms with Crippen molar-refractivity contribution in [2.45, 2.75) is 90.3 Å². The van der Waals surface area contributed by atoms with E-state index in [0.29, 0.717) is 19.6 Å². The van der Waals surface area contributed by atoms with Crippen LogP contribution in [-0.4, -0.2) is 37.1 Å². The van der Waals surface area contributed by atoms with Crippen molar-refractivity contribution < 1.29 is 23.0 Å². The average molecular weight is 418 g/mol. The first-order valence-corrected chi connectivity index (χ1v) is 10.6. The predicted molar refractivity (Wildman–Crippen MR) is 113 cm³/mol.